The normalized spacial score (nSPS) is 16.1. The van der Waals surface area contributed by atoms with Crippen LogP contribution < -0.4 is 15.5 Å². The minimum absolute atomic E-state index is 0.201. The number of ether oxygens (including phenoxy) is 1. The summed E-state index contributed by atoms with van der Waals surface area (Å²) >= 11 is 6.46. The van der Waals surface area contributed by atoms with E-state index in [1.807, 2.05) is 49.3 Å². The molecule has 2 N–H and O–H groups in total. The van der Waals surface area contributed by atoms with E-state index in [1.54, 1.807) is 24.1 Å². The number of hydrogen-bond donors (Lipinski definition) is 2. The van der Waals surface area contributed by atoms with E-state index in [1.165, 1.54) is 0 Å². The van der Waals surface area contributed by atoms with E-state index < -0.39 is 6.04 Å². The van der Waals surface area contributed by atoms with E-state index in [9.17, 15) is 9.59 Å². The number of amides is 2. The number of hydrogen-bond acceptors (Lipinski definition) is 8. The van der Waals surface area contributed by atoms with Crippen LogP contribution >= 0.6 is 11.6 Å². The Bertz CT molecular complexity index is 1380. The molecule has 2 aliphatic rings. The molecule has 4 heterocycles. The lowest BCUT2D eigenvalue weighted by Crippen LogP contribution is -2.45. The van der Waals surface area contributed by atoms with Crippen LogP contribution in [-0.2, 0) is 22.6 Å². The Morgan fingerprint density at radius 3 is 2.77 bits per heavy atom. The van der Waals surface area contributed by atoms with E-state index in [2.05, 4.69) is 25.6 Å². The van der Waals surface area contributed by atoms with Crippen molar-refractivity contribution in [3.05, 3.63) is 64.4 Å². The average Bonchev–Trinajstić information content (AvgIpc) is 3.28. The van der Waals surface area contributed by atoms with Crippen LogP contribution in [0.1, 0.15) is 41.4 Å². The monoisotopic (exact) mass is 549 g/mol. The summed E-state index contributed by atoms with van der Waals surface area (Å²) in [5, 5.41) is 6.67. The number of anilines is 2. The van der Waals surface area contributed by atoms with Crippen LogP contribution in [0, 0.1) is 0 Å². The maximum atomic E-state index is 13.4. The van der Waals surface area contributed by atoms with Crippen LogP contribution in [0.4, 0.5) is 11.8 Å². The van der Waals surface area contributed by atoms with Crippen molar-refractivity contribution in [3.63, 3.8) is 0 Å². The van der Waals surface area contributed by atoms with Gasteiger partial charge in [-0.15, -0.1) is 0 Å². The molecule has 0 saturated carbocycles. The molecule has 1 atom stereocenters. The maximum Gasteiger partial charge on any atom is 0.255 e. The number of fused-ring (bicyclic) bond motifs is 1. The van der Waals surface area contributed by atoms with Crippen molar-refractivity contribution in [2.45, 2.75) is 44.9 Å². The molecule has 0 radical (unpaired) electrons. The Kier molecular flexibility index (Phi) is 7.94. The summed E-state index contributed by atoms with van der Waals surface area (Å²) in [5.74, 6) is 0.862. The van der Waals surface area contributed by atoms with Gasteiger partial charge < -0.3 is 25.2 Å². The number of pyridine rings is 1. The van der Waals surface area contributed by atoms with Crippen LogP contribution in [0.2, 0.25) is 5.02 Å². The third-order valence-electron chi connectivity index (χ3n) is 7.05. The van der Waals surface area contributed by atoms with Crippen LogP contribution in [-0.4, -0.2) is 71.1 Å². The Balaban J connectivity index is 1.27. The Labute approximate surface area is 232 Å². The first-order valence-corrected chi connectivity index (χ1v) is 13.4. The summed E-state index contributed by atoms with van der Waals surface area (Å²) < 4.78 is 5.42. The molecule has 2 aliphatic heterocycles. The van der Waals surface area contributed by atoms with Gasteiger partial charge in [0.05, 0.1) is 29.2 Å². The summed E-state index contributed by atoms with van der Waals surface area (Å²) in [4.78, 5) is 43.3. The minimum atomic E-state index is -0.650. The van der Waals surface area contributed by atoms with Gasteiger partial charge in [-0.1, -0.05) is 29.8 Å². The molecule has 2 amide bonds. The fourth-order valence-corrected chi connectivity index (χ4v) is 4.93. The lowest BCUT2D eigenvalue weighted by molar-refractivity contribution is -0.125. The highest BCUT2D eigenvalue weighted by Gasteiger charge is 2.34. The largest absolute Gasteiger partial charge is 0.381 e. The number of nitrogens with zero attached hydrogens (tertiary/aromatic N) is 5. The van der Waals surface area contributed by atoms with Gasteiger partial charge in [-0.25, -0.2) is 15.0 Å². The zero-order valence-electron chi connectivity index (χ0n) is 22.3. The molecule has 11 heteroatoms. The van der Waals surface area contributed by atoms with E-state index >= 15 is 0 Å². The molecule has 2 aromatic heterocycles. The van der Waals surface area contributed by atoms with Gasteiger partial charge in [-0.3, -0.25) is 9.59 Å². The third kappa shape index (κ3) is 5.97. The van der Waals surface area contributed by atoms with Crippen molar-refractivity contribution in [3.8, 4) is 11.3 Å². The number of aromatic nitrogens is 3. The summed E-state index contributed by atoms with van der Waals surface area (Å²) in [6.07, 6.45) is 3.34. The standard InChI is InChI=1S/C28H32ClN7O3/c1-17(26(37)30-14-21-5-4-6-24(32-21)35(2)3)36-16-19-8-7-18(13-22(19)27(36)38)25-23(29)15-31-28(34-25)33-20-9-11-39-12-10-20/h4-8,13,15,17,20H,9-12,14,16H2,1-3H3,(H,30,37)(H,31,33,34)/t17-/m1/s1. The molecule has 0 aliphatic carbocycles. The Morgan fingerprint density at radius 1 is 1.21 bits per heavy atom. The Morgan fingerprint density at radius 2 is 2.00 bits per heavy atom. The van der Waals surface area contributed by atoms with Crippen molar-refractivity contribution in [1.82, 2.24) is 25.2 Å². The molecule has 1 aromatic carbocycles. The zero-order valence-corrected chi connectivity index (χ0v) is 23.0. The number of nitrogens with one attached hydrogen (secondary N) is 2. The van der Waals surface area contributed by atoms with Gasteiger partial charge in [-0.05, 0) is 43.5 Å². The summed E-state index contributed by atoms with van der Waals surface area (Å²) in [5.41, 5.74) is 3.41. The van der Waals surface area contributed by atoms with E-state index in [0.29, 0.717) is 42.0 Å². The number of carbonyl (C=O) groups excluding carboxylic acids is 2. The van der Waals surface area contributed by atoms with Crippen molar-refractivity contribution in [1.29, 1.82) is 0 Å². The number of benzene rings is 1. The predicted octanol–water partition coefficient (Wildman–Crippen LogP) is 3.51. The summed E-state index contributed by atoms with van der Waals surface area (Å²) in [7, 11) is 3.83. The highest BCUT2D eigenvalue weighted by atomic mass is 35.5. The fraction of sp³-hybridized carbons (Fsp3) is 0.393. The first kappa shape index (κ1) is 26.8. The molecule has 3 aromatic rings. The molecule has 1 fully saturated rings. The number of carbonyl (C=O) groups is 2. The lowest BCUT2D eigenvalue weighted by Gasteiger charge is -2.23. The van der Waals surface area contributed by atoms with Crippen LogP contribution in [0.3, 0.4) is 0 Å². The molecule has 0 unspecified atom stereocenters. The summed E-state index contributed by atoms with van der Waals surface area (Å²) in [6, 6.07) is 10.8. The molecule has 204 valence electrons. The van der Waals surface area contributed by atoms with Crippen LogP contribution in [0.15, 0.2) is 42.6 Å². The fourth-order valence-electron chi connectivity index (χ4n) is 4.73. The van der Waals surface area contributed by atoms with E-state index in [0.717, 1.165) is 35.5 Å². The van der Waals surface area contributed by atoms with Crippen LogP contribution in [0.5, 0.6) is 0 Å². The minimum Gasteiger partial charge on any atom is -0.381 e. The molecular weight excluding hydrogens is 518 g/mol. The second-order valence-corrected chi connectivity index (χ2v) is 10.4. The molecule has 1 saturated heterocycles. The Hall–Kier alpha value is -3.76. The van der Waals surface area contributed by atoms with E-state index in [4.69, 9.17) is 16.3 Å². The zero-order chi connectivity index (χ0) is 27.5. The number of halogens is 1. The van der Waals surface area contributed by atoms with E-state index in [-0.39, 0.29) is 24.4 Å². The van der Waals surface area contributed by atoms with Crippen molar-refractivity contribution in [2.24, 2.45) is 0 Å². The van der Waals surface area contributed by atoms with Gasteiger partial charge in [-0.2, -0.15) is 0 Å². The van der Waals surface area contributed by atoms with Gasteiger partial charge in [0.25, 0.3) is 5.91 Å². The van der Waals surface area contributed by atoms with Gasteiger partial charge >= 0.3 is 0 Å². The molecular formula is C28H32ClN7O3. The summed E-state index contributed by atoms with van der Waals surface area (Å²) in [6.45, 7) is 3.78. The van der Waals surface area contributed by atoms with Crippen LogP contribution in [0.25, 0.3) is 11.3 Å². The van der Waals surface area contributed by atoms with Gasteiger partial charge in [0, 0.05) is 51.0 Å². The molecule has 10 nitrogen and oxygen atoms in total. The van der Waals surface area contributed by atoms with Crippen molar-refractivity contribution in [2.75, 3.05) is 37.5 Å². The predicted molar refractivity (Wildman–Crippen MR) is 150 cm³/mol. The maximum absolute atomic E-state index is 13.4. The highest BCUT2D eigenvalue weighted by Crippen LogP contribution is 2.32. The van der Waals surface area contributed by atoms with Gasteiger partial charge in [0.1, 0.15) is 11.9 Å². The number of rotatable bonds is 8. The topological polar surface area (TPSA) is 113 Å². The quantitative estimate of drug-likeness (QED) is 0.439. The molecule has 5 rings (SSSR count). The van der Waals surface area contributed by atoms with Crippen molar-refractivity contribution >= 4 is 35.2 Å². The average molecular weight is 550 g/mol. The first-order valence-electron chi connectivity index (χ1n) is 13.0. The third-order valence-corrected chi connectivity index (χ3v) is 7.33. The molecule has 0 bridgehead atoms. The second-order valence-electron chi connectivity index (χ2n) is 10.0. The SMILES string of the molecule is C[C@H](C(=O)NCc1cccc(N(C)C)n1)N1Cc2ccc(-c3nc(NC4CCOCC4)ncc3Cl)cc2C1=O. The first-order chi connectivity index (χ1) is 18.8. The molecule has 39 heavy (non-hydrogen) atoms. The van der Waals surface area contributed by atoms with Crippen molar-refractivity contribution < 1.29 is 14.3 Å². The second kappa shape index (κ2) is 11.5. The van der Waals surface area contributed by atoms with Gasteiger partial charge in [0.15, 0.2) is 0 Å². The molecule has 0 spiro atoms. The smallest absolute Gasteiger partial charge is 0.255 e. The van der Waals surface area contributed by atoms with Gasteiger partial charge in [0.2, 0.25) is 11.9 Å². The lowest BCUT2D eigenvalue weighted by atomic mass is 10.0. The highest BCUT2D eigenvalue weighted by molar-refractivity contribution is 6.33.